The van der Waals surface area contributed by atoms with Crippen molar-refractivity contribution in [3.63, 3.8) is 0 Å². The summed E-state index contributed by atoms with van der Waals surface area (Å²) >= 11 is 0. The van der Waals surface area contributed by atoms with Crippen molar-refractivity contribution in [3.05, 3.63) is 0 Å². The highest BCUT2D eigenvalue weighted by atomic mass is 16.5. The number of nitriles is 1. The van der Waals surface area contributed by atoms with E-state index in [1.807, 2.05) is 0 Å². The van der Waals surface area contributed by atoms with E-state index in [4.69, 9.17) is 14.7 Å². The van der Waals surface area contributed by atoms with Gasteiger partial charge in [-0.2, -0.15) is 5.26 Å². The van der Waals surface area contributed by atoms with Crippen LogP contribution in [0.1, 0.15) is 25.7 Å². The Morgan fingerprint density at radius 2 is 2.15 bits per heavy atom. The summed E-state index contributed by atoms with van der Waals surface area (Å²) in [6.45, 7) is 3.33. The van der Waals surface area contributed by atoms with Gasteiger partial charge < -0.3 is 9.47 Å². The first-order valence-corrected chi connectivity index (χ1v) is 4.96. The molecule has 0 aromatic carbocycles. The molecule has 74 valence electrons. The zero-order chi connectivity index (χ0) is 9.36. The van der Waals surface area contributed by atoms with Gasteiger partial charge in [0.2, 0.25) is 0 Å². The highest BCUT2D eigenvalue weighted by Gasteiger charge is 2.13. The molecule has 1 rings (SSSR count). The molecule has 0 unspecified atom stereocenters. The van der Waals surface area contributed by atoms with Gasteiger partial charge in [-0.3, -0.25) is 0 Å². The van der Waals surface area contributed by atoms with Gasteiger partial charge in [0, 0.05) is 32.8 Å². The lowest BCUT2D eigenvalue weighted by Crippen LogP contribution is -2.20. The Morgan fingerprint density at radius 3 is 2.85 bits per heavy atom. The zero-order valence-electron chi connectivity index (χ0n) is 8.00. The van der Waals surface area contributed by atoms with Gasteiger partial charge in [0.15, 0.2) is 0 Å². The van der Waals surface area contributed by atoms with E-state index in [0.29, 0.717) is 12.3 Å². The molecule has 0 atom stereocenters. The van der Waals surface area contributed by atoms with Crippen molar-refractivity contribution in [2.75, 3.05) is 26.4 Å². The lowest BCUT2D eigenvalue weighted by molar-refractivity contribution is 0.0203. The number of ether oxygens (including phenoxy) is 2. The Kier molecular flexibility index (Phi) is 5.55. The molecule has 0 spiro atoms. The van der Waals surface area contributed by atoms with Crippen molar-refractivity contribution in [2.24, 2.45) is 5.92 Å². The highest BCUT2D eigenvalue weighted by Crippen LogP contribution is 2.14. The molecular formula is C10H17NO2. The fourth-order valence-corrected chi connectivity index (χ4v) is 1.42. The number of nitrogens with zero attached hydrogens (tertiary/aromatic N) is 1. The van der Waals surface area contributed by atoms with E-state index in [9.17, 15) is 0 Å². The summed E-state index contributed by atoms with van der Waals surface area (Å²) < 4.78 is 10.7. The van der Waals surface area contributed by atoms with E-state index in [-0.39, 0.29) is 0 Å². The maximum absolute atomic E-state index is 8.29. The van der Waals surface area contributed by atoms with Crippen LogP contribution in [0.25, 0.3) is 0 Å². The second kappa shape index (κ2) is 6.88. The van der Waals surface area contributed by atoms with Crippen molar-refractivity contribution in [1.82, 2.24) is 0 Å². The Balaban J connectivity index is 1.90. The number of unbranched alkanes of at least 4 members (excludes halogenated alkanes) is 1. The molecule has 0 aliphatic carbocycles. The summed E-state index contributed by atoms with van der Waals surface area (Å²) in [6, 6.07) is 2.11. The van der Waals surface area contributed by atoms with Gasteiger partial charge in [-0.1, -0.05) is 0 Å². The van der Waals surface area contributed by atoms with Crippen molar-refractivity contribution in [1.29, 1.82) is 5.26 Å². The molecule has 0 N–H and O–H groups in total. The van der Waals surface area contributed by atoms with Crippen LogP contribution in [-0.4, -0.2) is 26.4 Å². The van der Waals surface area contributed by atoms with Crippen LogP contribution in [0.4, 0.5) is 0 Å². The first-order chi connectivity index (χ1) is 6.43. The zero-order valence-corrected chi connectivity index (χ0v) is 8.00. The molecular weight excluding hydrogens is 166 g/mol. The molecule has 3 heteroatoms. The molecule has 0 aromatic rings. The van der Waals surface area contributed by atoms with Crippen LogP contribution < -0.4 is 0 Å². The van der Waals surface area contributed by atoms with Crippen LogP contribution in [-0.2, 0) is 9.47 Å². The number of rotatable bonds is 5. The monoisotopic (exact) mass is 183 g/mol. The summed E-state index contributed by atoms with van der Waals surface area (Å²) in [5.41, 5.74) is 0. The molecule has 1 fully saturated rings. The van der Waals surface area contributed by atoms with Crippen LogP contribution in [0.3, 0.4) is 0 Å². The summed E-state index contributed by atoms with van der Waals surface area (Å²) in [5, 5.41) is 8.29. The van der Waals surface area contributed by atoms with E-state index in [1.165, 1.54) is 0 Å². The minimum atomic E-state index is 0.605. The first kappa shape index (κ1) is 10.5. The largest absolute Gasteiger partial charge is 0.381 e. The molecule has 0 bridgehead atoms. The van der Waals surface area contributed by atoms with E-state index in [2.05, 4.69) is 6.07 Å². The van der Waals surface area contributed by atoms with Crippen LogP contribution >= 0.6 is 0 Å². The lowest BCUT2D eigenvalue weighted by Gasteiger charge is -2.21. The molecule has 13 heavy (non-hydrogen) atoms. The fourth-order valence-electron chi connectivity index (χ4n) is 1.42. The van der Waals surface area contributed by atoms with Gasteiger partial charge in [-0.05, 0) is 25.2 Å². The summed E-state index contributed by atoms with van der Waals surface area (Å²) in [6.07, 6.45) is 3.71. The SMILES string of the molecule is N#CCCCOCC1CCOCC1. The van der Waals surface area contributed by atoms with Gasteiger partial charge in [0.1, 0.15) is 0 Å². The Morgan fingerprint density at radius 1 is 1.38 bits per heavy atom. The van der Waals surface area contributed by atoms with E-state index >= 15 is 0 Å². The minimum Gasteiger partial charge on any atom is -0.381 e. The third kappa shape index (κ3) is 4.87. The summed E-state index contributed by atoms with van der Waals surface area (Å²) in [7, 11) is 0. The minimum absolute atomic E-state index is 0.605. The molecule has 1 heterocycles. The van der Waals surface area contributed by atoms with Crippen LogP contribution in [0.15, 0.2) is 0 Å². The third-order valence-corrected chi connectivity index (χ3v) is 2.27. The molecule has 1 aliphatic heterocycles. The quantitative estimate of drug-likeness (QED) is 0.609. The predicted octanol–water partition coefficient (Wildman–Crippen LogP) is 1.73. The topological polar surface area (TPSA) is 42.2 Å². The van der Waals surface area contributed by atoms with E-state index in [0.717, 1.165) is 45.7 Å². The second-order valence-corrected chi connectivity index (χ2v) is 3.39. The van der Waals surface area contributed by atoms with Gasteiger partial charge in [-0.25, -0.2) is 0 Å². The lowest BCUT2D eigenvalue weighted by atomic mass is 10.0. The van der Waals surface area contributed by atoms with Crippen LogP contribution in [0, 0.1) is 17.2 Å². The Labute approximate surface area is 79.6 Å². The van der Waals surface area contributed by atoms with E-state index in [1.54, 1.807) is 0 Å². The van der Waals surface area contributed by atoms with Crippen LogP contribution in [0.2, 0.25) is 0 Å². The predicted molar refractivity (Wildman–Crippen MR) is 49.2 cm³/mol. The maximum atomic E-state index is 8.29. The third-order valence-electron chi connectivity index (χ3n) is 2.27. The number of hydrogen-bond acceptors (Lipinski definition) is 3. The summed E-state index contributed by atoms with van der Waals surface area (Å²) in [4.78, 5) is 0. The second-order valence-electron chi connectivity index (χ2n) is 3.39. The average molecular weight is 183 g/mol. The van der Waals surface area contributed by atoms with Gasteiger partial charge in [0.05, 0.1) is 6.07 Å². The standard InChI is InChI=1S/C10H17NO2/c11-5-1-2-6-13-9-10-3-7-12-8-4-10/h10H,1-4,6-9H2. The average Bonchev–Trinajstić information content (AvgIpc) is 2.19. The number of hydrogen-bond donors (Lipinski definition) is 0. The van der Waals surface area contributed by atoms with Crippen molar-refractivity contribution < 1.29 is 9.47 Å². The first-order valence-electron chi connectivity index (χ1n) is 4.96. The van der Waals surface area contributed by atoms with Gasteiger partial charge in [0.25, 0.3) is 0 Å². The molecule has 0 radical (unpaired) electrons. The normalized spacial score (nSPS) is 18.4. The summed E-state index contributed by atoms with van der Waals surface area (Å²) in [5.74, 6) is 0.677. The smallest absolute Gasteiger partial charge is 0.0622 e. The molecule has 1 saturated heterocycles. The molecule has 3 nitrogen and oxygen atoms in total. The van der Waals surface area contributed by atoms with Crippen LogP contribution in [0.5, 0.6) is 0 Å². The molecule has 0 amide bonds. The maximum Gasteiger partial charge on any atom is 0.0622 e. The molecule has 0 aromatic heterocycles. The Hall–Kier alpha value is -0.590. The fraction of sp³-hybridized carbons (Fsp3) is 0.900. The van der Waals surface area contributed by atoms with E-state index < -0.39 is 0 Å². The van der Waals surface area contributed by atoms with Crippen molar-refractivity contribution in [2.45, 2.75) is 25.7 Å². The van der Waals surface area contributed by atoms with Crippen molar-refractivity contribution >= 4 is 0 Å². The molecule has 1 aliphatic rings. The molecule has 0 saturated carbocycles. The Bertz CT molecular complexity index is 159. The van der Waals surface area contributed by atoms with Crippen molar-refractivity contribution in [3.8, 4) is 6.07 Å². The van der Waals surface area contributed by atoms with Gasteiger partial charge >= 0.3 is 0 Å². The van der Waals surface area contributed by atoms with Gasteiger partial charge in [-0.15, -0.1) is 0 Å². The highest BCUT2D eigenvalue weighted by molar-refractivity contribution is 4.68.